The Kier molecular flexibility index (Phi) is 4.98. The Morgan fingerprint density at radius 2 is 2.14 bits per heavy atom. The maximum absolute atomic E-state index is 12.8. The van der Waals surface area contributed by atoms with Crippen molar-refractivity contribution in [3.63, 3.8) is 0 Å². The van der Waals surface area contributed by atoms with Gasteiger partial charge in [0.15, 0.2) is 0 Å². The Labute approximate surface area is 89.3 Å². The summed E-state index contributed by atoms with van der Waals surface area (Å²) in [6.45, 7) is 1.07. The highest BCUT2D eigenvalue weighted by Crippen LogP contribution is 2.12. The van der Waals surface area contributed by atoms with Crippen LogP contribution < -0.4 is 0 Å². The van der Waals surface area contributed by atoms with Gasteiger partial charge < -0.3 is 4.90 Å². The Hall–Kier alpha value is -0.540. The van der Waals surface area contributed by atoms with Crippen LogP contribution in [0.3, 0.4) is 0 Å². The molecule has 0 aliphatic heterocycles. The van der Waals surface area contributed by atoms with Gasteiger partial charge in [-0.3, -0.25) is 0 Å². The standard InChI is InChI=1S/C11H16FNS/c1-13(2)6-7-14-9-10-4-3-5-11(12)8-10/h3-5,8H,6-7,9H2,1-2H3. The average molecular weight is 213 g/mol. The third kappa shape index (κ3) is 4.63. The van der Waals surface area contributed by atoms with Crippen LogP contribution >= 0.6 is 11.8 Å². The summed E-state index contributed by atoms with van der Waals surface area (Å²) in [6.07, 6.45) is 0. The first-order valence-electron chi connectivity index (χ1n) is 4.65. The lowest BCUT2D eigenvalue weighted by Crippen LogP contribution is -2.14. The zero-order chi connectivity index (χ0) is 10.4. The van der Waals surface area contributed by atoms with E-state index in [1.165, 1.54) is 6.07 Å². The van der Waals surface area contributed by atoms with E-state index in [1.807, 2.05) is 17.8 Å². The number of hydrogen-bond acceptors (Lipinski definition) is 2. The second-order valence-corrected chi connectivity index (χ2v) is 4.59. The maximum atomic E-state index is 12.8. The number of nitrogens with zero attached hydrogens (tertiary/aromatic N) is 1. The highest BCUT2D eigenvalue weighted by Gasteiger charge is 1.96. The molecular weight excluding hydrogens is 197 g/mol. The highest BCUT2D eigenvalue weighted by atomic mass is 32.2. The normalized spacial score (nSPS) is 10.9. The molecule has 3 heteroatoms. The predicted octanol–water partition coefficient (Wildman–Crippen LogP) is 2.62. The molecule has 0 atom stereocenters. The van der Waals surface area contributed by atoms with Crippen LogP contribution in [0, 0.1) is 5.82 Å². The van der Waals surface area contributed by atoms with E-state index in [4.69, 9.17) is 0 Å². The van der Waals surface area contributed by atoms with Gasteiger partial charge in [-0.05, 0) is 31.8 Å². The summed E-state index contributed by atoms with van der Waals surface area (Å²) >= 11 is 1.84. The van der Waals surface area contributed by atoms with E-state index >= 15 is 0 Å². The second kappa shape index (κ2) is 6.04. The molecule has 0 heterocycles. The first kappa shape index (κ1) is 11.5. The quantitative estimate of drug-likeness (QED) is 0.692. The fourth-order valence-corrected chi connectivity index (χ4v) is 2.12. The van der Waals surface area contributed by atoms with Crippen molar-refractivity contribution in [2.45, 2.75) is 5.75 Å². The van der Waals surface area contributed by atoms with Crippen molar-refractivity contribution in [1.82, 2.24) is 4.90 Å². The molecule has 0 saturated heterocycles. The van der Waals surface area contributed by atoms with Gasteiger partial charge in [-0.15, -0.1) is 0 Å². The lowest BCUT2D eigenvalue weighted by Gasteiger charge is -2.08. The van der Waals surface area contributed by atoms with Gasteiger partial charge in [0.1, 0.15) is 5.82 Å². The number of hydrogen-bond donors (Lipinski definition) is 0. The molecule has 0 aromatic heterocycles. The molecule has 0 bridgehead atoms. The van der Waals surface area contributed by atoms with Crippen molar-refractivity contribution in [3.8, 4) is 0 Å². The van der Waals surface area contributed by atoms with Gasteiger partial charge in [-0.2, -0.15) is 11.8 Å². The Morgan fingerprint density at radius 3 is 2.79 bits per heavy atom. The van der Waals surface area contributed by atoms with E-state index < -0.39 is 0 Å². The Morgan fingerprint density at radius 1 is 1.36 bits per heavy atom. The zero-order valence-electron chi connectivity index (χ0n) is 8.66. The molecular formula is C11H16FNS. The van der Waals surface area contributed by atoms with Gasteiger partial charge in [0.05, 0.1) is 0 Å². The van der Waals surface area contributed by atoms with Gasteiger partial charge in [0, 0.05) is 18.1 Å². The summed E-state index contributed by atoms with van der Waals surface area (Å²) < 4.78 is 12.8. The highest BCUT2D eigenvalue weighted by molar-refractivity contribution is 7.98. The summed E-state index contributed by atoms with van der Waals surface area (Å²) in [5.41, 5.74) is 1.06. The van der Waals surface area contributed by atoms with E-state index in [1.54, 1.807) is 12.1 Å². The smallest absolute Gasteiger partial charge is 0.123 e. The third-order valence-electron chi connectivity index (χ3n) is 1.84. The van der Waals surface area contributed by atoms with Crippen molar-refractivity contribution < 1.29 is 4.39 Å². The molecule has 0 spiro atoms. The van der Waals surface area contributed by atoms with Gasteiger partial charge >= 0.3 is 0 Å². The summed E-state index contributed by atoms with van der Waals surface area (Å²) in [7, 11) is 4.12. The molecule has 0 fully saturated rings. The van der Waals surface area contributed by atoms with E-state index in [9.17, 15) is 4.39 Å². The molecule has 1 rings (SSSR count). The average Bonchev–Trinajstić information content (AvgIpc) is 2.12. The van der Waals surface area contributed by atoms with Gasteiger partial charge in [-0.25, -0.2) is 4.39 Å². The van der Waals surface area contributed by atoms with Crippen molar-refractivity contribution >= 4 is 11.8 Å². The van der Waals surface area contributed by atoms with Crippen molar-refractivity contribution in [2.24, 2.45) is 0 Å². The van der Waals surface area contributed by atoms with Crippen LogP contribution in [0.4, 0.5) is 4.39 Å². The molecule has 1 nitrogen and oxygen atoms in total. The minimum absolute atomic E-state index is 0.143. The van der Waals surface area contributed by atoms with Gasteiger partial charge in [-0.1, -0.05) is 12.1 Å². The molecule has 0 amide bonds. The largest absolute Gasteiger partial charge is 0.309 e. The first-order valence-corrected chi connectivity index (χ1v) is 5.81. The summed E-state index contributed by atoms with van der Waals surface area (Å²) in [5, 5.41) is 0. The summed E-state index contributed by atoms with van der Waals surface area (Å²) in [6, 6.07) is 6.81. The summed E-state index contributed by atoms with van der Waals surface area (Å²) in [4.78, 5) is 2.15. The molecule has 0 aliphatic rings. The number of halogens is 1. The van der Waals surface area contributed by atoms with Crippen LogP contribution in [-0.2, 0) is 5.75 Å². The van der Waals surface area contributed by atoms with Gasteiger partial charge in [0.2, 0.25) is 0 Å². The third-order valence-corrected chi connectivity index (χ3v) is 2.85. The molecule has 0 saturated carbocycles. The molecule has 0 N–H and O–H groups in total. The number of rotatable bonds is 5. The minimum atomic E-state index is -0.143. The van der Waals surface area contributed by atoms with Crippen LogP contribution in [0.15, 0.2) is 24.3 Å². The fourth-order valence-electron chi connectivity index (χ4n) is 1.06. The van der Waals surface area contributed by atoms with Crippen LogP contribution in [0.25, 0.3) is 0 Å². The van der Waals surface area contributed by atoms with Crippen LogP contribution in [0.1, 0.15) is 5.56 Å². The molecule has 78 valence electrons. The fraction of sp³-hybridized carbons (Fsp3) is 0.455. The topological polar surface area (TPSA) is 3.24 Å². The molecule has 14 heavy (non-hydrogen) atoms. The van der Waals surface area contributed by atoms with Gasteiger partial charge in [0.25, 0.3) is 0 Å². The van der Waals surface area contributed by atoms with Crippen LogP contribution in [-0.4, -0.2) is 31.3 Å². The van der Waals surface area contributed by atoms with Crippen molar-refractivity contribution in [1.29, 1.82) is 0 Å². The van der Waals surface area contributed by atoms with E-state index in [2.05, 4.69) is 19.0 Å². The Balaban J connectivity index is 2.25. The van der Waals surface area contributed by atoms with Crippen LogP contribution in [0.2, 0.25) is 0 Å². The van der Waals surface area contributed by atoms with Crippen molar-refractivity contribution in [2.75, 3.05) is 26.4 Å². The summed E-state index contributed by atoms with van der Waals surface area (Å²) in [5.74, 6) is 1.84. The predicted molar refractivity (Wildman–Crippen MR) is 61.1 cm³/mol. The first-order chi connectivity index (χ1) is 6.68. The SMILES string of the molecule is CN(C)CCSCc1cccc(F)c1. The van der Waals surface area contributed by atoms with Crippen LogP contribution in [0.5, 0.6) is 0 Å². The Bertz CT molecular complexity index is 276. The lowest BCUT2D eigenvalue weighted by atomic mass is 10.2. The monoisotopic (exact) mass is 213 g/mol. The molecule has 0 unspecified atom stereocenters. The second-order valence-electron chi connectivity index (χ2n) is 3.49. The lowest BCUT2D eigenvalue weighted by molar-refractivity contribution is 0.437. The van der Waals surface area contributed by atoms with Crippen molar-refractivity contribution in [3.05, 3.63) is 35.6 Å². The number of thioether (sulfide) groups is 1. The maximum Gasteiger partial charge on any atom is 0.123 e. The van der Waals surface area contributed by atoms with E-state index in [0.29, 0.717) is 0 Å². The molecule has 0 radical (unpaired) electrons. The van der Waals surface area contributed by atoms with E-state index in [-0.39, 0.29) is 5.82 Å². The molecule has 0 aliphatic carbocycles. The molecule has 1 aromatic rings. The molecule has 1 aromatic carbocycles. The minimum Gasteiger partial charge on any atom is -0.309 e. The number of benzene rings is 1. The van der Waals surface area contributed by atoms with E-state index in [0.717, 1.165) is 23.6 Å². The zero-order valence-corrected chi connectivity index (χ0v) is 9.48.